The smallest absolute Gasteiger partial charge is 0.359 e. The molecule has 3 nitrogen and oxygen atoms in total. The molecule has 0 aromatic carbocycles. The molecule has 0 atom stereocenters. The molecule has 0 spiro atoms. The van der Waals surface area contributed by atoms with E-state index in [2.05, 4.69) is 5.32 Å². The highest BCUT2D eigenvalue weighted by Gasteiger charge is 2.01. The SMILES string of the molecule is CNC(=O)CCC[S+]=O. The molecule has 0 aliphatic heterocycles. The number of nitrogens with one attached hydrogen (secondary N) is 1. The van der Waals surface area contributed by atoms with Crippen molar-refractivity contribution in [1.82, 2.24) is 5.32 Å². The second kappa shape index (κ2) is 5.62. The van der Waals surface area contributed by atoms with Crippen molar-refractivity contribution in [2.75, 3.05) is 12.8 Å². The Morgan fingerprint density at radius 1 is 1.67 bits per heavy atom. The zero-order valence-corrected chi connectivity index (χ0v) is 6.16. The predicted octanol–water partition coefficient (Wildman–Crippen LogP) is -0.0593. The average Bonchev–Trinajstić information content (AvgIpc) is 1.89. The summed E-state index contributed by atoms with van der Waals surface area (Å²) in [7, 11) is 1.59. The predicted molar refractivity (Wildman–Crippen MR) is 36.2 cm³/mol. The first-order valence-corrected chi connectivity index (χ1v) is 3.67. The minimum Gasteiger partial charge on any atom is -0.359 e. The minimum absolute atomic E-state index is 0.00375. The lowest BCUT2D eigenvalue weighted by atomic mass is 10.3. The molecule has 0 rings (SSSR count). The molecular formula is C5H10NO2S+. The van der Waals surface area contributed by atoms with Gasteiger partial charge in [-0.15, -0.1) is 0 Å². The van der Waals surface area contributed by atoms with Crippen LogP contribution in [0.4, 0.5) is 0 Å². The third kappa shape index (κ3) is 5.36. The molecule has 0 saturated heterocycles. The van der Waals surface area contributed by atoms with Crippen molar-refractivity contribution < 1.29 is 9.00 Å². The van der Waals surface area contributed by atoms with Gasteiger partial charge in [0.2, 0.25) is 11.7 Å². The Balaban J connectivity index is 3.06. The largest absolute Gasteiger partial charge is 0.458 e. The van der Waals surface area contributed by atoms with E-state index in [4.69, 9.17) is 0 Å². The summed E-state index contributed by atoms with van der Waals surface area (Å²) < 4.78 is 9.78. The number of amides is 1. The molecular weight excluding hydrogens is 138 g/mol. The lowest BCUT2D eigenvalue weighted by Crippen LogP contribution is -2.17. The average molecular weight is 148 g/mol. The fourth-order valence-corrected chi connectivity index (χ4v) is 0.679. The summed E-state index contributed by atoms with van der Waals surface area (Å²) in [5.41, 5.74) is 0. The third-order valence-electron chi connectivity index (χ3n) is 0.910. The fourth-order valence-electron chi connectivity index (χ4n) is 0.417. The summed E-state index contributed by atoms with van der Waals surface area (Å²) in [5, 5.41) is 2.47. The number of hydrogen-bond acceptors (Lipinski definition) is 2. The van der Waals surface area contributed by atoms with E-state index in [-0.39, 0.29) is 5.91 Å². The van der Waals surface area contributed by atoms with Gasteiger partial charge in [0.1, 0.15) is 0 Å². The van der Waals surface area contributed by atoms with Crippen LogP contribution in [0.1, 0.15) is 12.8 Å². The maximum atomic E-state index is 10.5. The van der Waals surface area contributed by atoms with E-state index >= 15 is 0 Å². The van der Waals surface area contributed by atoms with Gasteiger partial charge in [0.05, 0.1) is 0 Å². The quantitative estimate of drug-likeness (QED) is 0.448. The lowest BCUT2D eigenvalue weighted by molar-refractivity contribution is -0.120. The highest BCUT2D eigenvalue weighted by Crippen LogP contribution is 1.86. The summed E-state index contributed by atoms with van der Waals surface area (Å²) in [6, 6.07) is 0. The monoisotopic (exact) mass is 148 g/mol. The Labute approximate surface area is 58.3 Å². The van der Waals surface area contributed by atoms with Gasteiger partial charge in [-0.05, 0) is 0 Å². The molecule has 4 heteroatoms. The zero-order valence-electron chi connectivity index (χ0n) is 5.35. The van der Waals surface area contributed by atoms with Gasteiger partial charge in [-0.1, -0.05) is 0 Å². The highest BCUT2D eigenvalue weighted by molar-refractivity contribution is 7.65. The Bertz CT molecular complexity index is 105. The zero-order chi connectivity index (χ0) is 7.11. The summed E-state index contributed by atoms with van der Waals surface area (Å²) in [6.45, 7) is 0. The van der Waals surface area contributed by atoms with Gasteiger partial charge in [-0.25, -0.2) is 0 Å². The van der Waals surface area contributed by atoms with E-state index < -0.39 is 0 Å². The summed E-state index contributed by atoms with van der Waals surface area (Å²) in [6.07, 6.45) is 1.14. The van der Waals surface area contributed by atoms with Crippen LogP contribution in [0.3, 0.4) is 0 Å². The van der Waals surface area contributed by atoms with Crippen LogP contribution in [0, 0.1) is 0 Å². The van der Waals surface area contributed by atoms with Crippen molar-refractivity contribution in [1.29, 1.82) is 0 Å². The number of rotatable bonds is 4. The normalized spacial score (nSPS) is 8.56. The molecule has 1 amide bonds. The van der Waals surface area contributed by atoms with Crippen LogP contribution < -0.4 is 5.32 Å². The second-order valence-electron chi connectivity index (χ2n) is 1.60. The summed E-state index contributed by atoms with van der Waals surface area (Å²) >= 11 is 0.524. The molecule has 0 saturated carbocycles. The number of carbonyl (C=O) groups is 1. The van der Waals surface area contributed by atoms with E-state index in [0.29, 0.717) is 30.3 Å². The maximum absolute atomic E-state index is 10.5. The molecule has 0 bridgehead atoms. The number of carbonyl (C=O) groups excluding carboxylic acids is 1. The molecule has 52 valence electrons. The van der Waals surface area contributed by atoms with Crippen molar-refractivity contribution in [3.05, 3.63) is 0 Å². The maximum Gasteiger partial charge on any atom is 0.458 e. The van der Waals surface area contributed by atoms with Crippen molar-refractivity contribution in [3.63, 3.8) is 0 Å². The first-order chi connectivity index (χ1) is 4.31. The molecule has 0 radical (unpaired) electrons. The van der Waals surface area contributed by atoms with Gasteiger partial charge in [-0.2, -0.15) is 0 Å². The minimum atomic E-state index is 0.00375. The van der Waals surface area contributed by atoms with Crippen molar-refractivity contribution in [2.45, 2.75) is 12.8 Å². The molecule has 0 aliphatic carbocycles. The molecule has 0 fully saturated rings. The van der Waals surface area contributed by atoms with Crippen LogP contribution in [-0.2, 0) is 20.7 Å². The fraction of sp³-hybridized carbons (Fsp3) is 0.800. The van der Waals surface area contributed by atoms with Crippen molar-refractivity contribution in [3.8, 4) is 0 Å². The number of hydrogen-bond donors (Lipinski definition) is 1. The van der Waals surface area contributed by atoms with E-state index in [1.807, 2.05) is 0 Å². The topological polar surface area (TPSA) is 46.2 Å². The van der Waals surface area contributed by atoms with Gasteiger partial charge in [0.15, 0.2) is 0 Å². The first-order valence-electron chi connectivity index (χ1n) is 2.76. The first kappa shape index (κ1) is 8.49. The van der Waals surface area contributed by atoms with Gasteiger partial charge < -0.3 is 5.32 Å². The van der Waals surface area contributed by atoms with Gasteiger partial charge >= 0.3 is 11.7 Å². The van der Waals surface area contributed by atoms with Gasteiger partial charge in [0.25, 0.3) is 0 Å². The van der Waals surface area contributed by atoms with E-state index in [0.717, 1.165) is 0 Å². The van der Waals surface area contributed by atoms with Gasteiger partial charge in [0, 0.05) is 24.1 Å². The van der Waals surface area contributed by atoms with Crippen molar-refractivity contribution in [2.24, 2.45) is 0 Å². The summed E-state index contributed by atoms with van der Waals surface area (Å²) in [4.78, 5) is 10.5. The van der Waals surface area contributed by atoms with E-state index in [1.165, 1.54) is 0 Å². The molecule has 0 aromatic rings. The second-order valence-corrected chi connectivity index (χ2v) is 2.24. The standard InChI is InChI=1S/C5H9NO2S/c1-6-5(7)3-2-4-9-8/h2-4H2,1H3/p+1. The Morgan fingerprint density at radius 3 is 2.78 bits per heavy atom. The van der Waals surface area contributed by atoms with Crippen LogP contribution in [0.5, 0.6) is 0 Å². The van der Waals surface area contributed by atoms with E-state index in [1.54, 1.807) is 7.05 Å². The Kier molecular flexibility index (Phi) is 5.30. The van der Waals surface area contributed by atoms with E-state index in [9.17, 15) is 9.00 Å². The van der Waals surface area contributed by atoms with Crippen LogP contribution >= 0.6 is 0 Å². The van der Waals surface area contributed by atoms with Crippen LogP contribution in [0.25, 0.3) is 0 Å². The Morgan fingerprint density at radius 2 is 2.33 bits per heavy atom. The molecule has 0 aliphatic rings. The molecule has 0 unspecified atom stereocenters. The van der Waals surface area contributed by atoms with Gasteiger partial charge in [-0.3, -0.25) is 4.79 Å². The Hall–Kier alpha value is -0.510. The van der Waals surface area contributed by atoms with Crippen molar-refractivity contribution >= 4 is 17.6 Å². The third-order valence-corrected chi connectivity index (χ3v) is 1.37. The molecule has 0 heterocycles. The molecule has 0 aromatic heterocycles. The van der Waals surface area contributed by atoms with Crippen LogP contribution in [0.15, 0.2) is 0 Å². The van der Waals surface area contributed by atoms with Crippen LogP contribution in [-0.4, -0.2) is 18.7 Å². The highest BCUT2D eigenvalue weighted by atomic mass is 32.1. The lowest BCUT2D eigenvalue weighted by Gasteiger charge is -1.91. The molecule has 1 N–H and O–H groups in total. The molecule has 9 heavy (non-hydrogen) atoms. The summed E-state index contributed by atoms with van der Waals surface area (Å²) in [5.74, 6) is 0.525. The van der Waals surface area contributed by atoms with Crippen LogP contribution in [0.2, 0.25) is 0 Å².